The average Bonchev–Trinajstić information content (AvgIpc) is 2.43. The van der Waals surface area contributed by atoms with Crippen LogP contribution in [-0.4, -0.2) is 0 Å². The van der Waals surface area contributed by atoms with Crippen molar-refractivity contribution in [3.05, 3.63) is 70.3 Å². The Morgan fingerprint density at radius 1 is 0.789 bits per heavy atom. The fourth-order valence-corrected chi connectivity index (χ4v) is 2.19. The first-order valence-corrected chi connectivity index (χ1v) is 7.13. The average molecular weight is 274 g/mol. The maximum atomic E-state index is 5.78. The molecule has 0 saturated carbocycles. The zero-order valence-corrected chi connectivity index (χ0v) is 12.3. The van der Waals surface area contributed by atoms with Crippen LogP contribution in [0.5, 0.6) is 0 Å². The minimum absolute atomic E-state index is 0.580. The highest BCUT2D eigenvalue weighted by Gasteiger charge is 1.97. The molecule has 0 aliphatic rings. The van der Waals surface area contributed by atoms with Gasteiger partial charge in [0.2, 0.25) is 0 Å². The summed E-state index contributed by atoms with van der Waals surface area (Å²) in [5.41, 5.74) is 6.49. The zero-order valence-electron chi connectivity index (χ0n) is 11.5. The summed E-state index contributed by atoms with van der Waals surface area (Å²) in [6, 6.07) is 15.0. The predicted octanol–water partition coefficient (Wildman–Crippen LogP) is 4.33. The van der Waals surface area contributed by atoms with Crippen LogP contribution in [0.1, 0.15) is 27.8 Å². The Kier molecular flexibility index (Phi) is 5.00. The summed E-state index contributed by atoms with van der Waals surface area (Å²) < 4.78 is 0. The minimum Gasteiger partial charge on any atom is -0.309 e. The van der Waals surface area contributed by atoms with Crippen molar-refractivity contribution < 1.29 is 0 Å². The molecule has 1 N–H and O–H groups in total. The molecule has 1 nitrogen and oxygen atoms in total. The number of benzene rings is 2. The number of rotatable bonds is 5. The first-order valence-electron chi connectivity index (χ1n) is 6.59. The molecule has 0 unspecified atom stereocenters. The second kappa shape index (κ2) is 6.74. The monoisotopic (exact) mass is 273 g/mol. The lowest BCUT2D eigenvalue weighted by molar-refractivity contribution is 0.693. The van der Waals surface area contributed by atoms with Crippen molar-refractivity contribution in [2.45, 2.75) is 32.8 Å². The molecular weight excluding hydrogens is 254 g/mol. The van der Waals surface area contributed by atoms with E-state index in [9.17, 15) is 0 Å². The molecule has 0 radical (unpaired) electrons. The quantitative estimate of drug-likeness (QED) is 0.800. The Labute approximate surface area is 120 Å². The first kappa shape index (κ1) is 14.1. The Bertz CT molecular complexity index is 531. The van der Waals surface area contributed by atoms with E-state index in [0.29, 0.717) is 5.88 Å². The van der Waals surface area contributed by atoms with Crippen molar-refractivity contribution in [2.75, 3.05) is 0 Å². The Hall–Kier alpha value is -1.31. The molecular formula is C17H20ClN. The molecule has 0 aromatic heterocycles. The fraction of sp³-hybridized carbons (Fsp3) is 0.294. The molecule has 0 aliphatic heterocycles. The van der Waals surface area contributed by atoms with Crippen LogP contribution in [0.15, 0.2) is 42.5 Å². The smallest absolute Gasteiger partial charge is 0.0474 e. The van der Waals surface area contributed by atoms with Gasteiger partial charge in [0.1, 0.15) is 0 Å². The number of nitrogens with one attached hydrogen (secondary N) is 1. The van der Waals surface area contributed by atoms with Crippen LogP contribution in [0.4, 0.5) is 0 Å². The molecule has 0 atom stereocenters. The van der Waals surface area contributed by atoms with Gasteiger partial charge in [-0.05, 0) is 41.7 Å². The maximum absolute atomic E-state index is 5.78. The minimum atomic E-state index is 0.580. The van der Waals surface area contributed by atoms with Crippen LogP contribution in [0.2, 0.25) is 0 Å². The van der Waals surface area contributed by atoms with E-state index in [1.54, 1.807) is 0 Å². The van der Waals surface area contributed by atoms with Crippen LogP contribution in [0, 0.1) is 13.8 Å². The highest BCUT2D eigenvalue weighted by Crippen LogP contribution is 2.10. The van der Waals surface area contributed by atoms with Gasteiger partial charge >= 0.3 is 0 Å². The number of hydrogen-bond donors (Lipinski definition) is 1. The van der Waals surface area contributed by atoms with Crippen LogP contribution in [0.25, 0.3) is 0 Å². The van der Waals surface area contributed by atoms with E-state index in [-0.39, 0.29) is 0 Å². The van der Waals surface area contributed by atoms with Crippen LogP contribution in [0.3, 0.4) is 0 Å². The third-order valence-electron chi connectivity index (χ3n) is 3.41. The second-order valence-corrected chi connectivity index (χ2v) is 5.24. The highest BCUT2D eigenvalue weighted by atomic mass is 35.5. The topological polar surface area (TPSA) is 12.0 Å². The predicted molar refractivity (Wildman–Crippen MR) is 82.5 cm³/mol. The molecule has 0 spiro atoms. The van der Waals surface area contributed by atoms with Crippen LogP contribution >= 0.6 is 11.6 Å². The van der Waals surface area contributed by atoms with Gasteiger partial charge in [0.15, 0.2) is 0 Å². The number of aryl methyl sites for hydroxylation is 2. The van der Waals surface area contributed by atoms with E-state index in [0.717, 1.165) is 13.1 Å². The lowest BCUT2D eigenvalue weighted by atomic mass is 10.1. The zero-order chi connectivity index (χ0) is 13.7. The fourth-order valence-electron chi connectivity index (χ4n) is 2.01. The normalized spacial score (nSPS) is 10.7. The summed E-state index contributed by atoms with van der Waals surface area (Å²) in [7, 11) is 0. The molecule has 0 fully saturated rings. The Morgan fingerprint density at radius 3 is 2.00 bits per heavy atom. The van der Waals surface area contributed by atoms with Gasteiger partial charge in [0.05, 0.1) is 0 Å². The van der Waals surface area contributed by atoms with Gasteiger partial charge in [-0.15, -0.1) is 11.6 Å². The molecule has 2 heteroatoms. The van der Waals surface area contributed by atoms with Crippen molar-refractivity contribution in [2.24, 2.45) is 0 Å². The van der Waals surface area contributed by atoms with Crippen molar-refractivity contribution >= 4 is 11.6 Å². The highest BCUT2D eigenvalue weighted by molar-refractivity contribution is 6.17. The number of hydrogen-bond acceptors (Lipinski definition) is 1. The van der Waals surface area contributed by atoms with Gasteiger partial charge in [0, 0.05) is 19.0 Å². The van der Waals surface area contributed by atoms with E-state index < -0.39 is 0 Å². The summed E-state index contributed by atoms with van der Waals surface area (Å²) in [5.74, 6) is 0.580. The standard InChI is InChI=1S/C17H20ClN/c1-13-3-4-17(9-14(13)2)12-19-11-16-7-5-15(10-18)6-8-16/h3-9,19H,10-12H2,1-2H3. The largest absolute Gasteiger partial charge is 0.309 e. The molecule has 2 aromatic rings. The lowest BCUT2D eigenvalue weighted by Crippen LogP contribution is -2.12. The molecule has 2 aromatic carbocycles. The molecule has 0 bridgehead atoms. The van der Waals surface area contributed by atoms with Crippen molar-refractivity contribution in [1.82, 2.24) is 5.32 Å². The summed E-state index contributed by atoms with van der Waals surface area (Å²) in [6.45, 7) is 6.09. The Morgan fingerprint density at radius 2 is 1.37 bits per heavy atom. The SMILES string of the molecule is Cc1ccc(CNCc2ccc(CCl)cc2)cc1C. The van der Waals surface area contributed by atoms with Gasteiger partial charge in [-0.25, -0.2) is 0 Å². The van der Waals surface area contributed by atoms with Gasteiger partial charge in [0.25, 0.3) is 0 Å². The molecule has 19 heavy (non-hydrogen) atoms. The van der Waals surface area contributed by atoms with Crippen molar-refractivity contribution in [3.8, 4) is 0 Å². The van der Waals surface area contributed by atoms with Gasteiger partial charge < -0.3 is 5.32 Å². The molecule has 0 saturated heterocycles. The summed E-state index contributed by atoms with van der Waals surface area (Å²) in [6.07, 6.45) is 0. The molecule has 2 rings (SSSR count). The lowest BCUT2D eigenvalue weighted by Gasteiger charge is -2.08. The number of alkyl halides is 1. The number of halogens is 1. The molecule has 0 amide bonds. The van der Waals surface area contributed by atoms with E-state index >= 15 is 0 Å². The molecule has 100 valence electrons. The summed E-state index contributed by atoms with van der Waals surface area (Å²) in [5, 5.41) is 3.47. The van der Waals surface area contributed by atoms with E-state index in [2.05, 4.69) is 61.6 Å². The van der Waals surface area contributed by atoms with Crippen molar-refractivity contribution in [1.29, 1.82) is 0 Å². The van der Waals surface area contributed by atoms with Crippen LogP contribution in [-0.2, 0) is 19.0 Å². The van der Waals surface area contributed by atoms with Gasteiger partial charge in [-0.2, -0.15) is 0 Å². The van der Waals surface area contributed by atoms with E-state index in [1.807, 2.05) is 0 Å². The third-order valence-corrected chi connectivity index (χ3v) is 3.72. The van der Waals surface area contributed by atoms with E-state index in [4.69, 9.17) is 11.6 Å². The molecule has 0 heterocycles. The maximum Gasteiger partial charge on any atom is 0.0474 e. The van der Waals surface area contributed by atoms with E-state index in [1.165, 1.54) is 27.8 Å². The Balaban J connectivity index is 1.86. The van der Waals surface area contributed by atoms with Crippen molar-refractivity contribution in [3.63, 3.8) is 0 Å². The van der Waals surface area contributed by atoms with Gasteiger partial charge in [-0.3, -0.25) is 0 Å². The first-order chi connectivity index (χ1) is 9.19. The summed E-state index contributed by atoms with van der Waals surface area (Å²) >= 11 is 5.78. The second-order valence-electron chi connectivity index (χ2n) is 4.97. The molecule has 0 aliphatic carbocycles. The third kappa shape index (κ3) is 4.09. The van der Waals surface area contributed by atoms with Gasteiger partial charge in [-0.1, -0.05) is 42.5 Å². The van der Waals surface area contributed by atoms with Crippen LogP contribution < -0.4 is 5.32 Å². The summed E-state index contributed by atoms with van der Waals surface area (Å²) in [4.78, 5) is 0.